The van der Waals surface area contributed by atoms with Crippen LogP contribution < -0.4 is 11.1 Å². The fraction of sp³-hybridized carbons (Fsp3) is 0.467. The van der Waals surface area contributed by atoms with Gasteiger partial charge in [0.25, 0.3) is 0 Å². The third kappa shape index (κ3) is 4.70. The molecule has 23 heavy (non-hydrogen) atoms. The monoisotopic (exact) mass is 377 g/mol. The van der Waals surface area contributed by atoms with Gasteiger partial charge < -0.3 is 15.5 Å². The molecule has 1 atom stereocenters. The van der Waals surface area contributed by atoms with Crippen LogP contribution in [0.15, 0.2) is 28.4 Å². The number of nitrogens with one attached hydrogen (secondary N) is 1. The van der Waals surface area contributed by atoms with Gasteiger partial charge in [0.05, 0.1) is 23.9 Å². The largest absolute Gasteiger partial charge is 0.472 e. The van der Waals surface area contributed by atoms with Crippen molar-refractivity contribution in [2.75, 3.05) is 6.54 Å². The smallest absolute Gasteiger partial charge is 0.226 e. The summed E-state index contributed by atoms with van der Waals surface area (Å²) in [4.78, 5) is 16.7. The highest BCUT2D eigenvalue weighted by Crippen LogP contribution is 2.39. The van der Waals surface area contributed by atoms with Crippen molar-refractivity contribution in [3.63, 3.8) is 0 Å². The SMILES string of the molecule is CC(CN)(NC(=O)Cc1csc(-c2ccoc2)n1)C1CC1.Cl.Cl. The van der Waals surface area contributed by atoms with Crippen molar-refractivity contribution in [1.82, 2.24) is 10.3 Å². The molecule has 128 valence electrons. The van der Waals surface area contributed by atoms with E-state index in [4.69, 9.17) is 10.2 Å². The van der Waals surface area contributed by atoms with E-state index in [2.05, 4.69) is 10.3 Å². The fourth-order valence-electron chi connectivity index (χ4n) is 2.47. The van der Waals surface area contributed by atoms with Crippen molar-refractivity contribution in [2.45, 2.75) is 31.7 Å². The quantitative estimate of drug-likeness (QED) is 0.810. The number of nitrogens with zero attached hydrogens (tertiary/aromatic N) is 1. The fourth-order valence-corrected chi connectivity index (χ4v) is 3.28. The van der Waals surface area contributed by atoms with E-state index in [0.717, 1.165) is 29.1 Å². The number of amides is 1. The molecule has 1 unspecified atom stereocenters. The molecule has 0 saturated heterocycles. The van der Waals surface area contributed by atoms with Gasteiger partial charge in [0.2, 0.25) is 5.91 Å². The normalized spacial score (nSPS) is 15.9. The number of carbonyl (C=O) groups is 1. The van der Waals surface area contributed by atoms with Gasteiger partial charge in [0, 0.05) is 17.5 Å². The molecule has 1 aliphatic rings. The van der Waals surface area contributed by atoms with Gasteiger partial charge in [-0.25, -0.2) is 4.98 Å². The lowest BCUT2D eigenvalue weighted by Gasteiger charge is -2.29. The van der Waals surface area contributed by atoms with Crippen molar-refractivity contribution in [3.05, 3.63) is 29.7 Å². The number of halogens is 2. The van der Waals surface area contributed by atoms with E-state index < -0.39 is 0 Å². The number of carbonyl (C=O) groups excluding carboxylic acids is 1. The molecule has 1 amide bonds. The Kier molecular flexibility index (Phi) is 7.07. The Hall–Kier alpha value is -1.08. The van der Waals surface area contributed by atoms with Crippen LogP contribution >= 0.6 is 36.2 Å². The number of aromatic nitrogens is 1. The van der Waals surface area contributed by atoms with E-state index in [1.165, 1.54) is 11.3 Å². The first-order valence-electron chi connectivity index (χ1n) is 7.09. The molecule has 0 radical (unpaired) electrons. The van der Waals surface area contributed by atoms with Gasteiger partial charge in [-0.3, -0.25) is 4.79 Å². The van der Waals surface area contributed by atoms with Gasteiger partial charge in [-0.2, -0.15) is 0 Å². The molecule has 0 aliphatic heterocycles. The number of thiazole rings is 1. The molecule has 8 heteroatoms. The molecular weight excluding hydrogens is 357 g/mol. The maximum Gasteiger partial charge on any atom is 0.226 e. The minimum atomic E-state index is -0.277. The third-order valence-electron chi connectivity index (χ3n) is 3.99. The molecule has 5 nitrogen and oxygen atoms in total. The lowest BCUT2D eigenvalue weighted by molar-refractivity contribution is -0.122. The van der Waals surface area contributed by atoms with Gasteiger partial charge in [-0.05, 0) is 31.7 Å². The second-order valence-corrected chi connectivity index (χ2v) is 6.63. The zero-order valence-electron chi connectivity index (χ0n) is 12.8. The van der Waals surface area contributed by atoms with E-state index >= 15 is 0 Å². The molecule has 0 spiro atoms. The molecule has 1 aliphatic carbocycles. The zero-order valence-corrected chi connectivity index (χ0v) is 15.2. The Morgan fingerprint density at radius 2 is 2.26 bits per heavy atom. The highest BCUT2D eigenvalue weighted by atomic mass is 35.5. The zero-order chi connectivity index (χ0) is 14.9. The molecule has 1 saturated carbocycles. The lowest BCUT2D eigenvalue weighted by atomic mass is 9.95. The van der Waals surface area contributed by atoms with E-state index in [-0.39, 0.29) is 42.7 Å². The number of hydrogen-bond acceptors (Lipinski definition) is 5. The summed E-state index contributed by atoms with van der Waals surface area (Å²) in [6.45, 7) is 2.50. The predicted molar refractivity (Wildman–Crippen MR) is 96.3 cm³/mol. The summed E-state index contributed by atoms with van der Waals surface area (Å²) in [5.74, 6) is 0.502. The summed E-state index contributed by atoms with van der Waals surface area (Å²) < 4.78 is 5.05. The Morgan fingerprint density at radius 3 is 2.83 bits per heavy atom. The highest BCUT2D eigenvalue weighted by Gasteiger charge is 2.41. The third-order valence-corrected chi connectivity index (χ3v) is 4.93. The number of furan rings is 1. The van der Waals surface area contributed by atoms with Crippen LogP contribution in [0, 0.1) is 5.92 Å². The summed E-state index contributed by atoms with van der Waals surface area (Å²) in [7, 11) is 0. The molecule has 0 bridgehead atoms. The molecule has 1 fully saturated rings. The van der Waals surface area contributed by atoms with E-state index in [9.17, 15) is 4.79 Å². The van der Waals surface area contributed by atoms with Gasteiger partial charge in [-0.1, -0.05) is 0 Å². The average Bonchev–Trinajstić information content (AvgIpc) is 3.00. The molecule has 2 heterocycles. The predicted octanol–water partition coefficient (Wildman–Crippen LogP) is 3.03. The summed E-state index contributed by atoms with van der Waals surface area (Å²) in [6, 6.07) is 1.86. The van der Waals surface area contributed by atoms with Crippen molar-refractivity contribution in [2.24, 2.45) is 11.7 Å². The first-order chi connectivity index (χ1) is 10.1. The Balaban J connectivity index is 0.00000132. The summed E-state index contributed by atoms with van der Waals surface area (Å²) in [6.07, 6.45) is 5.86. The Labute approximate surface area is 151 Å². The molecule has 0 aromatic carbocycles. The van der Waals surface area contributed by atoms with Crippen LogP contribution in [0.1, 0.15) is 25.5 Å². The van der Waals surface area contributed by atoms with Gasteiger partial charge in [0.1, 0.15) is 11.3 Å². The maximum absolute atomic E-state index is 12.2. The molecule has 3 rings (SSSR count). The van der Waals surface area contributed by atoms with Gasteiger partial charge >= 0.3 is 0 Å². The van der Waals surface area contributed by atoms with Crippen LogP contribution in [0.3, 0.4) is 0 Å². The van der Waals surface area contributed by atoms with Crippen LogP contribution in [0.2, 0.25) is 0 Å². The summed E-state index contributed by atoms with van der Waals surface area (Å²) >= 11 is 1.52. The van der Waals surface area contributed by atoms with Crippen molar-refractivity contribution in [3.8, 4) is 10.6 Å². The van der Waals surface area contributed by atoms with Crippen LogP contribution in [-0.2, 0) is 11.2 Å². The Bertz CT molecular complexity index is 628. The first-order valence-corrected chi connectivity index (χ1v) is 7.97. The minimum absolute atomic E-state index is 0. The second kappa shape index (κ2) is 8.15. The maximum atomic E-state index is 12.2. The van der Waals surface area contributed by atoms with E-state index in [1.54, 1.807) is 12.5 Å². The molecule has 2 aromatic heterocycles. The van der Waals surface area contributed by atoms with Crippen LogP contribution in [0.4, 0.5) is 0 Å². The van der Waals surface area contributed by atoms with Crippen LogP contribution in [-0.4, -0.2) is 23.0 Å². The van der Waals surface area contributed by atoms with Gasteiger partial charge in [-0.15, -0.1) is 36.2 Å². The average molecular weight is 378 g/mol. The molecular formula is C15H21Cl2N3O2S. The van der Waals surface area contributed by atoms with Gasteiger partial charge in [0.15, 0.2) is 0 Å². The Morgan fingerprint density at radius 1 is 1.52 bits per heavy atom. The summed E-state index contributed by atoms with van der Waals surface area (Å²) in [5, 5.41) is 5.87. The van der Waals surface area contributed by atoms with E-state index in [1.807, 2.05) is 18.4 Å². The summed E-state index contributed by atoms with van der Waals surface area (Å²) in [5.41, 5.74) is 7.26. The van der Waals surface area contributed by atoms with Crippen molar-refractivity contribution < 1.29 is 9.21 Å². The number of hydrogen-bond donors (Lipinski definition) is 2. The first kappa shape index (κ1) is 20.0. The standard InChI is InChI=1S/C15H19N3O2S.2ClH/c1-15(9-16,11-2-3-11)18-13(19)6-12-8-21-14(17-12)10-4-5-20-7-10;;/h4-5,7-8,11H,2-3,6,9,16H2,1H3,(H,18,19);2*1H. The van der Waals surface area contributed by atoms with E-state index in [0.29, 0.717) is 12.5 Å². The van der Waals surface area contributed by atoms with Crippen LogP contribution in [0.5, 0.6) is 0 Å². The van der Waals surface area contributed by atoms with Crippen molar-refractivity contribution in [1.29, 1.82) is 0 Å². The second-order valence-electron chi connectivity index (χ2n) is 5.78. The highest BCUT2D eigenvalue weighted by molar-refractivity contribution is 7.13. The molecule has 3 N–H and O–H groups in total. The topological polar surface area (TPSA) is 81.1 Å². The minimum Gasteiger partial charge on any atom is -0.472 e. The molecule has 2 aromatic rings. The lowest BCUT2D eigenvalue weighted by Crippen LogP contribution is -2.53. The number of rotatable bonds is 6. The van der Waals surface area contributed by atoms with Crippen LogP contribution in [0.25, 0.3) is 10.6 Å². The van der Waals surface area contributed by atoms with Crippen molar-refractivity contribution >= 4 is 42.1 Å². The number of nitrogens with two attached hydrogens (primary N) is 1.